The molecule has 0 aliphatic heterocycles. The van der Waals surface area contributed by atoms with Gasteiger partial charge in [0.1, 0.15) is 11.4 Å². The van der Waals surface area contributed by atoms with E-state index < -0.39 is 6.61 Å². The summed E-state index contributed by atoms with van der Waals surface area (Å²) >= 11 is 8.42. The van der Waals surface area contributed by atoms with Gasteiger partial charge in [0.05, 0.1) is 18.2 Å². The molecule has 0 atom stereocenters. The van der Waals surface area contributed by atoms with Gasteiger partial charge in [0.25, 0.3) is 5.91 Å². The number of aryl methyl sites for hydroxylation is 1. The van der Waals surface area contributed by atoms with Gasteiger partial charge in [0.15, 0.2) is 5.13 Å². The smallest absolute Gasteiger partial charge is 0.387 e. The van der Waals surface area contributed by atoms with Gasteiger partial charge >= 0.3 is 6.61 Å². The standard InChI is InChI=1S/C21H17ClF2N4O2S2/c1-12-18(19(29)27-31-2)26-21(32-12)28(16-7-3-13(10-25)4-8-16)11-14-5-6-15(22)9-17(14)30-20(23)24/h3-9,20H,11H2,1-2H3,(H,27,29). The number of halogens is 3. The van der Waals surface area contributed by atoms with Crippen LogP contribution in [0.25, 0.3) is 0 Å². The van der Waals surface area contributed by atoms with E-state index in [9.17, 15) is 13.6 Å². The lowest BCUT2D eigenvalue weighted by molar-refractivity contribution is -0.0504. The maximum Gasteiger partial charge on any atom is 0.387 e. The third-order valence-corrected chi connectivity index (χ3v) is 5.93. The summed E-state index contributed by atoms with van der Waals surface area (Å²) in [6, 6.07) is 13.3. The fourth-order valence-electron chi connectivity index (χ4n) is 2.87. The Morgan fingerprint density at radius 1 is 1.34 bits per heavy atom. The molecule has 1 amide bonds. The predicted octanol–water partition coefficient (Wildman–Crippen LogP) is 5.92. The minimum absolute atomic E-state index is 0.0558. The molecule has 0 unspecified atom stereocenters. The first-order chi connectivity index (χ1) is 15.3. The fraction of sp³-hybridized carbons (Fsp3) is 0.190. The van der Waals surface area contributed by atoms with Crippen LogP contribution in [0.5, 0.6) is 5.75 Å². The van der Waals surface area contributed by atoms with Gasteiger partial charge in [-0.2, -0.15) is 14.0 Å². The molecule has 32 heavy (non-hydrogen) atoms. The molecule has 0 saturated carbocycles. The summed E-state index contributed by atoms with van der Waals surface area (Å²) in [5.41, 5.74) is 1.85. The molecule has 0 bridgehead atoms. The summed E-state index contributed by atoms with van der Waals surface area (Å²) in [5.74, 6) is -0.384. The van der Waals surface area contributed by atoms with E-state index in [-0.39, 0.29) is 28.9 Å². The maximum absolute atomic E-state index is 13.0. The highest BCUT2D eigenvalue weighted by atomic mass is 35.5. The van der Waals surface area contributed by atoms with Gasteiger partial charge in [-0.25, -0.2) is 4.98 Å². The Hall–Kier alpha value is -2.87. The van der Waals surface area contributed by atoms with Crippen LogP contribution in [0.3, 0.4) is 0 Å². The van der Waals surface area contributed by atoms with E-state index in [0.29, 0.717) is 26.8 Å². The molecule has 3 aromatic rings. The highest BCUT2D eigenvalue weighted by molar-refractivity contribution is 7.97. The normalized spacial score (nSPS) is 10.7. The summed E-state index contributed by atoms with van der Waals surface area (Å²) in [5, 5.41) is 9.84. The molecule has 0 spiro atoms. The van der Waals surface area contributed by atoms with Crippen LogP contribution in [0.15, 0.2) is 42.5 Å². The molecule has 11 heteroatoms. The molecular formula is C21H17ClF2N4O2S2. The topological polar surface area (TPSA) is 78.2 Å². The van der Waals surface area contributed by atoms with E-state index in [1.807, 2.05) is 0 Å². The van der Waals surface area contributed by atoms with Crippen molar-refractivity contribution in [2.75, 3.05) is 11.2 Å². The Balaban J connectivity index is 2.06. The number of hydrogen-bond acceptors (Lipinski definition) is 7. The molecule has 0 radical (unpaired) electrons. The first-order valence-corrected chi connectivity index (χ1v) is 11.6. The molecule has 3 rings (SSSR count). The zero-order chi connectivity index (χ0) is 23.3. The third-order valence-electron chi connectivity index (χ3n) is 4.31. The average Bonchev–Trinajstić information content (AvgIpc) is 3.14. The van der Waals surface area contributed by atoms with Crippen LogP contribution in [-0.2, 0) is 6.54 Å². The van der Waals surface area contributed by atoms with Crippen LogP contribution in [0, 0.1) is 18.3 Å². The number of carbonyl (C=O) groups excluding carboxylic acids is 1. The van der Waals surface area contributed by atoms with Gasteiger partial charge in [-0.15, -0.1) is 11.3 Å². The number of amides is 1. The van der Waals surface area contributed by atoms with Crippen molar-refractivity contribution < 1.29 is 18.3 Å². The first kappa shape index (κ1) is 23.8. The van der Waals surface area contributed by atoms with Crippen molar-refractivity contribution in [3.8, 4) is 11.8 Å². The van der Waals surface area contributed by atoms with E-state index in [4.69, 9.17) is 16.9 Å². The zero-order valence-electron chi connectivity index (χ0n) is 16.9. The Kier molecular flexibility index (Phi) is 7.90. The fourth-order valence-corrected chi connectivity index (χ4v) is 4.24. The summed E-state index contributed by atoms with van der Waals surface area (Å²) in [7, 11) is 0. The Bertz CT molecular complexity index is 1150. The number of benzene rings is 2. The highest BCUT2D eigenvalue weighted by Gasteiger charge is 2.22. The molecular weight excluding hydrogens is 478 g/mol. The van der Waals surface area contributed by atoms with Crippen LogP contribution in [0.1, 0.15) is 26.5 Å². The van der Waals surface area contributed by atoms with Gasteiger partial charge in [0, 0.05) is 27.4 Å². The number of anilines is 2. The Morgan fingerprint density at radius 3 is 2.69 bits per heavy atom. The number of nitriles is 1. The van der Waals surface area contributed by atoms with E-state index in [0.717, 1.165) is 11.9 Å². The number of hydrogen-bond donors (Lipinski definition) is 1. The summed E-state index contributed by atoms with van der Waals surface area (Å²) < 4.78 is 33.2. The molecule has 1 heterocycles. The minimum Gasteiger partial charge on any atom is -0.434 e. The highest BCUT2D eigenvalue weighted by Crippen LogP contribution is 2.35. The quantitative estimate of drug-likeness (QED) is 0.391. The van der Waals surface area contributed by atoms with E-state index in [2.05, 4.69) is 20.5 Å². The van der Waals surface area contributed by atoms with Crippen molar-refractivity contribution in [2.24, 2.45) is 0 Å². The molecule has 0 saturated heterocycles. The number of aromatic nitrogens is 1. The molecule has 1 aromatic heterocycles. The van der Waals surface area contributed by atoms with Crippen LogP contribution in [-0.4, -0.2) is 23.8 Å². The van der Waals surface area contributed by atoms with E-state index in [1.54, 1.807) is 54.5 Å². The summed E-state index contributed by atoms with van der Waals surface area (Å²) in [6.07, 6.45) is 1.73. The SMILES string of the molecule is CSNC(=O)c1nc(N(Cc2ccc(Cl)cc2OC(F)F)c2ccc(C#N)cc2)sc1C. The number of carbonyl (C=O) groups is 1. The Morgan fingerprint density at radius 2 is 2.06 bits per heavy atom. The van der Waals surface area contributed by atoms with Gasteiger partial charge in [-0.1, -0.05) is 29.6 Å². The van der Waals surface area contributed by atoms with Crippen molar-refractivity contribution in [3.05, 3.63) is 69.2 Å². The molecule has 0 aliphatic rings. The second kappa shape index (κ2) is 10.6. The molecule has 166 valence electrons. The molecule has 1 N–H and O–H groups in total. The third kappa shape index (κ3) is 5.68. The summed E-state index contributed by atoms with van der Waals surface area (Å²) in [6.45, 7) is -1.12. The van der Waals surface area contributed by atoms with Crippen molar-refractivity contribution >= 4 is 51.6 Å². The minimum atomic E-state index is -3.01. The Labute approximate surface area is 196 Å². The largest absolute Gasteiger partial charge is 0.434 e. The number of alkyl halides is 2. The first-order valence-electron chi connectivity index (χ1n) is 9.14. The molecule has 2 aromatic carbocycles. The van der Waals surface area contributed by atoms with Gasteiger partial charge in [-0.05, 0) is 43.3 Å². The second-order valence-corrected chi connectivity index (χ2v) is 8.64. The number of thiazole rings is 1. The van der Waals surface area contributed by atoms with Crippen LogP contribution in [0.4, 0.5) is 19.6 Å². The summed E-state index contributed by atoms with van der Waals surface area (Å²) in [4.78, 5) is 19.3. The number of rotatable bonds is 8. The number of nitrogens with one attached hydrogen (secondary N) is 1. The van der Waals surface area contributed by atoms with Crippen molar-refractivity contribution in [1.82, 2.24) is 9.71 Å². The van der Waals surface area contributed by atoms with Gasteiger partial charge in [0.2, 0.25) is 0 Å². The lowest BCUT2D eigenvalue weighted by Crippen LogP contribution is -2.19. The van der Waals surface area contributed by atoms with Gasteiger partial charge < -0.3 is 9.64 Å². The van der Waals surface area contributed by atoms with E-state index in [1.165, 1.54) is 17.4 Å². The van der Waals surface area contributed by atoms with Crippen molar-refractivity contribution in [3.63, 3.8) is 0 Å². The lowest BCUT2D eigenvalue weighted by atomic mass is 10.1. The van der Waals surface area contributed by atoms with Crippen molar-refractivity contribution in [1.29, 1.82) is 5.26 Å². The lowest BCUT2D eigenvalue weighted by Gasteiger charge is -2.23. The maximum atomic E-state index is 13.0. The van der Waals surface area contributed by atoms with Crippen LogP contribution >= 0.6 is 34.9 Å². The average molecular weight is 495 g/mol. The molecule has 0 aliphatic carbocycles. The van der Waals surface area contributed by atoms with Crippen LogP contribution in [0.2, 0.25) is 5.02 Å². The number of nitrogens with zero attached hydrogens (tertiary/aromatic N) is 3. The molecule has 6 nitrogen and oxygen atoms in total. The van der Waals surface area contributed by atoms with Crippen molar-refractivity contribution in [2.45, 2.75) is 20.1 Å². The monoisotopic (exact) mass is 494 g/mol. The zero-order valence-corrected chi connectivity index (χ0v) is 19.3. The number of ether oxygens (including phenoxy) is 1. The van der Waals surface area contributed by atoms with E-state index >= 15 is 0 Å². The molecule has 0 fully saturated rings. The second-order valence-electron chi connectivity index (χ2n) is 6.41. The van der Waals surface area contributed by atoms with Gasteiger partial charge in [-0.3, -0.25) is 9.52 Å². The predicted molar refractivity (Wildman–Crippen MR) is 123 cm³/mol. The van der Waals surface area contributed by atoms with Crippen LogP contribution < -0.4 is 14.4 Å².